The molecule has 0 unspecified atom stereocenters. The van der Waals surface area contributed by atoms with E-state index < -0.39 is 38.4 Å². The predicted octanol–water partition coefficient (Wildman–Crippen LogP) is 16.3. The number of thiophene rings is 6. The smallest absolute Gasteiger partial charge is 0.870 e. The number of nitrogens with one attached hydrogen (secondary N) is 6. The van der Waals surface area contributed by atoms with Gasteiger partial charge in [0.25, 0.3) is 0 Å². The van der Waals surface area contributed by atoms with Gasteiger partial charge in [-0.2, -0.15) is 24.9 Å². The number of piperazine rings is 2. The number of halogens is 6. The molecule has 4 aliphatic rings. The minimum atomic E-state index is -1.14. The Bertz CT molecular complexity index is 6720. The van der Waals surface area contributed by atoms with Crippen molar-refractivity contribution in [3.63, 3.8) is 0 Å². The zero-order valence-corrected chi connectivity index (χ0v) is 86.8. The van der Waals surface area contributed by atoms with Gasteiger partial charge in [0, 0.05) is 123 Å². The number of aryl methyl sites for hydroxylation is 1. The first-order chi connectivity index (χ1) is 67.1. The molecule has 18 rings (SSSR count). The first-order valence-electron chi connectivity index (χ1n) is 40.6. The van der Waals surface area contributed by atoms with Crippen molar-refractivity contribution in [1.29, 1.82) is 0 Å². The van der Waals surface area contributed by atoms with Crippen molar-refractivity contribution in [3.05, 3.63) is 252 Å². The van der Waals surface area contributed by atoms with Gasteiger partial charge >= 0.3 is 53.8 Å². The molecule has 2 saturated heterocycles. The number of nitrogens with two attached hydrogens (primary N) is 3. The van der Waals surface area contributed by atoms with Crippen LogP contribution in [0.5, 0.6) is 11.5 Å². The summed E-state index contributed by atoms with van der Waals surface area (Å²) in [5.74, 6) is 1.35. The van der Waals surface area contributed by atoms with E-state index in [1.807, 2.05) is 79.4 Å². The van der Waals surface area contributed by atoms with Gasteiger partial charge in [-0.1, -0.05) is 25.4 Å². The minimum Gasteiger partial charge on any atom is -0.870 e. The number of Topliss-reactive ketones (excluding diaryl/α,β-unsaturated/α-hetero) is 2. The number of carboxylic acids is 1. The molecule has 0 radical (unpaired) electrons. The number of carboxylic acid groups (broad SMARTS) is 1. The zero-order chi connectivity index (χ0) is 102. The van der Waals surface area contributed by atoms with Crippen LogP contribution < -0.4 is 87.2 Å². The van der Waals surface area contributed by atoms with Gasteiger partial charge in [-0.05, 0) is 172 Å². The van der Waals surface area contributed by atoms with Crippen LogP contribution in [0, 0.1) is 44.7 Å². The number of aromatic nitrogens is 12. The monoisotopic (exact) mass is 2180 g/mol. The van der Waals surface area contributed by atoms with Gasteiger partial charge in [-0.25, -0.2) is 49.3 Å². The molecule has 58 heteroatoms. The fourth-order valence-corrected chi connectivity index (χ4v) is 17.5. The molecule has 12 aromatic heterocycles. The molecule has 4 aliphatic heterocycles. The molecule has 0 saturated carbocycles. The first kappa shape index (κ1) is 117. The molecule has 45 nitrogen and oxygen atoms in total. The average molecular weight is 2190 g/mol. The first-order valence-corrected chi connectivity index (χ1v) is 48.2. The van der Waals surface area contributed by atoms with Crippen molar-refractivity contribution in [2.75, 3.05) is 154 Å². The summed E-state index contributed by atoms with van der Waals surface area (Å²) in [5.41, 5.74) is 25.2. The summed E-state index contributed by atoms with van der Waals surface area (Å²) in [6.45, 7) is 14.4. The van der Waals surface area contributed by atoms with Crippen LogP contribution in [-0.2, 0) is 22.3 Å². The Morgan fingerprint density at radius 3 is 1.28 bits per heavy atom. The molecular weight excluding hydrogens is 2100 g/mol. The predicted molar refractivity (Wildman–Crippen MR) is 557 cm³/mol. The van der Waals surface area contributed by atoms with Gasteiger partial charge in [-0.15, -0.1) is 68.0 Å². The fourth-order valence-electron chi connectivity index (χ4n) is 12.2. The Labute approximate surface area is 882 Å². The molecule has 16 heterocycles. The number of nitrogen functional groups attached to an aromatic ring is 3. The summed E-state index contributed by atoms with van der Waals surface area (Å²) in [6.07, 6.45) is 8.18. The van der Waals surface area contributed by atoms with E-state index in [0.29, 0.717) is 63.9 Å². The number of ether oxygens (including phenoxy) is 4. The van der Waals surface area contributed by atoms with Gasteiger partial charge in [0.15, 0.2) is 17.4 Å². The molecule has 750 valence electrons. The second kappa shape index (κ2) is 56.5. The van der Waals surface area contributed by atoms with E-state index in [2.05, 4.69) is 147 Å². The number of hydrogen-bond donors (Lipinski definition) is 10. The van der Waals surface area contributed by atoms with Crippen LogP contribution in [0.2, 0.25) is 31.6 Å². The summed E-state index contributed by atoms with van der Waals surface area (Å²) < 4.78 is 20.2. The molecule has 0 spiro atoms. The van der Waals surface area contributed by atoms with Gasteiger partial charge in [0.1, 0.15) is 56.4 Å². The zero-order valence-electron chi connectivity index (χ0n) is 77.4. The number of hydrogen-bond acceptors (Lipinski definition) is 47. The van der Waals surface area contributed by atoms with E-state index in [1.165, 1.54) is 71.1 Å². The summed E-state index contributed by atoms with van der Waals surface area (Å²) in [7, 11) is 10.2. The van der Waals surface area contributed by atoms with Crippen LogP contribution in [0.15, 0.2) is 142 Å². The summed E-state index contributed by atoms with van der Waals surface area (Å²) in [6, 6.07) is 22.6. The van der Waals surface area contributed by atoms with E-state index in [-0.39, 0.29) is 113 Å². The quantitative estimate of drug-likeness (QED) is 0.00557. The number of likely N-dealkylation sites (N-methyl/N-ethyl adjacent to an activating group) is 2. The Morgan fingerprint density at radius 2 is 0.846 bits per heavy atom. The summed E-state index contributed by atoms with van der Waals surface area (Å²) in [5, 5.41) is 68.9. The number of aromatic carboxylic acids is 1. The molecule has 2 fully saturated rings. The van der Waals surface area contributed by atoms with E-state index >= 15 is 0 Å². The average Bonchev–Trinajstić information content (AvgIpc) is 1.70. The van der Waals surface area contributed by atoms with Crippen LogP contribution in [0.4, 0.5) is 115 Å². The Balaban J connectivity index is 0.000000226. The normalized spacial score (nSPS) is 12.3. The van der Waals surface area contributed by atoms with E-state index in [0.717, 1.165) is 154 Å². The van der Waals surface area contributed by atoms with Crippen molar-refractivity contribution in [2.24, 2.45) is 0 Å². The Kier molecular flexibility index (Phi) is 46.1. The number of fused-ring (bicyclic) bond motifs is 4. The molecule has 143 heavy (non-hydrogen) atoms. The molecule has 14 aromatic rings. The number of carbonyl (C=O) groups is 5. The van der Waals surface area contributed by atoms with E-state index in [4.69, 9.17) is 101 Å². The second-order valence-electron chi connectivity index (χ2n) is 28.2. The standard InChI is InChI=1S/C22H24N6O2S.C12H19N3O.C10H7ClN4O4S.C10H9ClN4O2S.C10H6ClN3OS.C9H5ClN4O4S.C5H7NS.C4HCl2N3O2.C2H6.CH3.Li.H2O/c1-27-6-8-28(9-7-27)15-3-4-16(19(12-15)30-2)25-22-23-13-14-11-18(29)20-17(5-10-31-20)24-21(14)26-22;1-14-5-7-15(8-6-14)10-3-4-11(13)12(9-10)16-2;1-19-9(16)7-5(2-3-20-7)13-8-6(15(17)18)4-12-10(11)14-8;1-17-9(16)7-6(2-3-18-7)14-8-5(12)4-13-10(11)15-8;11-10-12-4-5-3-7(15)8-6(1-2-16-8)13-9(5)14-10;10-9-11-3-5(14(17)18)7(13-9)12-4-1-2-19-6(4)8(15)16;1-4-5(6)2-3-7-4;5-3-2(9(10)11)1-7-4(6)8-3;1-2;;;/h3-5,10,12-13H,6-9,11H2,1-2H3,(H2,23,24,25,26);3-4,9H,5-8,13H2,1-2H3;2-4H,1H3,(H,12,13,14);2-4H,12H2,1H3,(H,13,14,15);1-2,4H,3H2,(H,12,13,14);1-3H,(H,15,16)(H,11,12,13);2-3H,6H2,1H3;1H;1-2H3;1H3;;1H2/q;;;;;;;;;-1;+1;/p-1. The van der Waals surface area contributed by atoms with Crippen molar-refractivity contribution in [3.8, 4) is 11.5 Å². The number of nitro groups is 3. The third-order valence-corrected chi connectivity index (χ3v) is 25.9. The number of esters is 2. The second-order valence-corrected chi connectivity index (χ2v) is 36.0. The number of methoxy groups -OCH3 is 4. The van der Waals surface area contributed by atoms with Crippen LogP contribution in [0.3, 0.4) is 0 Å². The van der Waals surface area contributed by atoms with E-state index in [9.17, 15) is 54.3 Å². The molecule has 0 aliphatic carbocycles. The van der Waals surface area contributed by atoms with Gasteiger partial charge < -0.3 is 106 Å². The molecule has 0 atom stereocenters. The molecule has 0 bridgehead atoms. The van der Waals surface area contributed by atoms with Crippen LogP contribution in [0.1, 0.15) is 78.2 Å². The SMILES string of the molecule is CC.COC(=O)c1sccc1Nc1nc(Cl)ncc1N.COC(=O)c1sccc1Nc1nc(Cl)ncc1[N+](=O)[O-].COc1cc(N2CCN(C)CC2)ccc1N.COc1cc(N2CCN(C)CC2)ccc1Nc1ncc2c(n1)Nc1ccsc1C(=O)C2.Cc1sccc1N.O=C(O)c1sccc1Nc1nc(Cl)ncc1[N+](=O)[O-].O=C1Cc2cnc(Cl)nc2Nc2ccsc21.O=[N+]([O-])c1cnc(Cl)nc1Cl.[CH3-].[Li+].[OH-]. The fraction of sp³-hybridized carbons (Fsp3) is 0.224. The van der Waals surface area contributed by atoms with Gasteiger partial charge in [0.05, 0.1) is 105 Å². The summed E-state index contributed by atoms with van der Waals surface area (Å²) >= 11 is 41.2. The molecule has 14 N–H and O–H groups in total. The van der Waals surface area contributed by atoms with Crippen LogP contribution in [-0.4, -0.2) is 219 Å². The number of anilines is 17. The number of benzene rings is 2. The molecule has 2 aromatic carbocycles. The number of nitrogens with zero attached hydrogens (tertiary/aromatic N) is 19. The number of carbonyl (C=O) groups excluding carboxylic acids is 4. The van der Waals surface area contributed by atoms with Gasteiger partial charge in [0.2, 0.25) is 49.2 Å². The Hall–Kier alpha value is -13.3. The van der Waals surface area contributed by atoms with Crippen molar-refractivity contribution in [2.45, 2.75) is 33.6 Å². The molecule has 0 amide bonds. The third-order valence-electron chi connectivity index (χ3n) is 19.3. The third kappa shape index (κ3) is 32.9. The maximum atomic E-state index is 12.4. The number of rotatable bonds is 18. The largest absolute Gasteiger partial charge is 1.00 e. The van der Waals surface area contributed by atoms with E-state index in [1.54, 1.807) is 66.2 Å². The van der Waals surface area contributed by atoms with Gasteiger partial charge in [-0.3, -0.25) is 39.9 Å². The maximum Gasteiger partial charge on any atom is 1.00 e. The number of ketones is 2. The van der Waals surface area contributed by atoms with Crippen LogP contribution >= 0.6 is 138 Å². The summed E-state index contributed by atoms with van der Waals surface area (Å²) in [4.78, 5) is 147. The topological polar surface area (TPSA) is 620 Å². The minimum absolute atomic E-state index is 0. The van der Waals surface area contributed by atoms with Crippen LogP contribution in [0.25, 0.3) is 0 Å². The van der Waals surface area contributed by atoms with Crippen molar-refractivity contribution in [1.82, 2.24) is 69.6 Å². The maximum absolute atomic E-state index is 12.4. The molecular formula is C85H88Cl6LiN28O17S6-. The Morgan fingerprint density at radius 1 is 0.455 bits per heavy atom. The van der Waals surface area contributed by atoms with Crippen molar-refractivity contribution >= 4 is 282 Å². The van der Waals surface area contributed by atoms with Crippen molar-refractivity contribution < 1.29 is 87.1 Å².